The summed E-state index contributed by atoms with van der Waals surface area (Å²) >= 11 is 0. The van der Waals surface area contributed by atoms with Crippen molar-refractivity contribution < 1.29 is 9.47 Å². The second kappa shape index (κ2) is 7.87. The standard InChI is InChI=1S/C19H29NO2/c1-15-14-20-13-5-8-19(15)22-18-11-9-17(10-12-18)21-16-6-3-2-4-7-16/h9-12,15-16,19-20H,2-8,13-14H2,1H3. The first kappa shape index (κ1) is 15.7. The molecule has 1 saturated carbocycles. The second-order valence-corrected chi connectivity index (χ2v) is 6.83. The van der Waals surface area contributed by atoms with Crippen molar-refractivity contribution in [3.63, 3.8) is 0 Å². The molecule has 22 heavy (non-hydrogen) atoms. The molecule has 1 aromatic rings. The van der Waals surface area contributed by atoms with Crippen LogP contribution in [0.15, 0.2) is 24.3 Å². The number of rotatable bonds is 4. The molecule has 0 spiro atoms. The number of nitrogens with one attached hydrogen (secondary N) is 1. The van der Waals surface area contributed by atoms with E-state index in [0.717, 1.165) is 31.0 Å². The SMILES string of the molecule is CC1CNCCCC1Oc1ccc(OC2CCCCC2)cc1. The zero-order valence-electron chi connectivity index (χ0n) is 13.7. The van der Waals surface area contributed by atoms with Crippen LogP contribution in [0.1, 0.15) is 51.9 Å². The Balaban J connectivity index is 1.54. The van der Waals surface area contributed by atoms with Gasteiger partial charge in [0.1, 0.15) is 17.6 Å². The van der Waals surface area contributed by atoms with Gasteiger partial charge in [0, 0.05) is 12.5 Å². The molecule has 1 heterocycles. The molecular weight excluding hydrogens is 274 g/mol. The van der Waals surface area contributed by atoms with E-state index in [-0.39, 0.29) is 0 Å². The molecule has 0 bridgehead atoms. The third kappa shape index (κ3) is 4.39. The molecule has 2 fully saturated rings. The van der Waals surface area contributed by atoms with Crippen LogP contribution in [0.25, 0.3) is 0 Å². The number of benzene rings is 1. The Morgan fingerprint density at radius 2 is 1.55 bits per heavy atom. The molecule has 1 saturated heterocycles. The molecule has 0 radical (unpaired) electrons. The Morgan fingerprint density at radius 3 is 2.27 bits per heavy atom. The molecular formula is C19H29NO2. The van der Waals surface area contributed by atoms with Gasteiger partial charge in [-0.05, 0) is 69.3 Å². The van der Waals surface area contributed by atoms with Crippen LogP contribution in [-0.2, 0) is 0 Å². The Morgan fingerprint density at radius 1 is 0.864 bits per heavy atom. The van der Waals surface area contributed by atoms with E-state index in [4.69, 9.17) is 9.47 Å². The van der Waals surface area contributed by atoms with Crippen LogP contribution in [0.5, 0.6) is 11.5 Å². The van der Waals surface area contributed by atoms with Gasteiger partial charge in [0.05, 0.1) is 6.10 Å². The lowest BCUT2D eigenvalue weighted by Gasteiger charge is -2.24. The van der Waals surface area contributed by atoms with Crippen molar-refractivity contribution in [1.29, 1.82) is 0 Å². The summed E-state index contributed by atoms with van der Waals surface area (Å²) in [5.41, 5.74) is 0. The van der Waals surface area contributed by atoms with Crippen LogP contribution in [0, 0.1) is 5.92 Å². The zero-order valence-corrected chi connectivity index (χ0v) is 13.7. The van der Waals surface area contributed by atoms with Gasteiger partial charge in [0.15, 0.2) is 0 Å². The molecule has 3 rings (SSSR count). The third-order valence-corrected chi connectivity index (χ3v) is 4.91. The van der Waals surface area contributed by atoms with Crippen molar-refractivity contribution in [2.45, 2.75) is 64.1 Å². The van der Waals surface area contributed by atoms with Crippen LogP contribution in [-0.4, -0.2) is 25.3 Å². The van der Waals surface area contributed by atoms with Gasteiger partial charge >= 0.3 is 0 Å². The summed E-state index contributed by atoms with van der Waals surface area (Å²) in [6.45, 7) is 4.43. The zero-order chi connectivity index (χ0) is 15.2. The minimum Gasteiger partial charge on any atom is -0.490 e. The average Bonchev–Trinajstić information content (AvgIpc) is 2.75. The van der Waals surface area contributed by atoms with Gasteiger partial charge in [-0.1, -0.05) is 13.3 Å². The van der Waals surface area contributed by atoms with E-state index in [2.05, 4.69) is 36.5 Å². The van der Waals surface area contributed by atoms with Crippen molar-refractivity contribution in [2.75, 3.05) is 13.1 Å². The first-order chi connectivity index (χ1) is 10.8. The molecule has 2 atom stereocenters. The smallest absolute Gasteiger partial charge is 0.120 e. The monoisotopic (exact) mass is 303 g/mol. The normalized spacial score (nSPS) is 27.1. The van der Waals surface area contributed by atoms with Crippen molar-refractivity contribution in [1.82, 2.24) is 5.32 Å². The summed E-state index contributed by atoms with van der Waals surface area (Å²) in [6.07, 6.45) is 9.43. The van der Waals surface area contributed by atoms with Gasteiger partial charge in [0.2, 0.25) is 0 Å². The summed E-state index contributed by atoms with van der Waals surface area (Å²) in [4.78, 5) is 0. The summed E-state index contributed by atoms with van der Waals surface area (Å²) < 4.78 is 12.3. The van der Waals surface area contributed by atoms with E-state index in [1.807, 2.05) is 0 Å². The Bertz CT molecular complexity index is 439. The highest BCUT2D eigenvalue weighted by atomic mass is 16.5. The third-order valence-electron chi connectivity index (χ3n) is 4.91. The molecule has 1 aromatic carbocycles. The van der Waals surface area contributed by atoms with Crippen LogP contribution in [0.3, 0.4) is 0 Å². The van der Waals surface area contributed by atoms with Gasteiger partial charge in [-0.25, -0.2) is 0 Å². The fourth-order valence-corrected chi connectivity index (χ4v) is 3.50. The first-order valence-electron chi connectivity index (χ1n) is 8.95. The van der Waals surface area contributed by atoms with Crippen LogP contribution >= 0.6 is 0 Å². The van der Waals surface area contributed by atoms with Gasteiger partial charge in [0.25, 0.3) is 0 Å². The number of hydrogen-bond acceptors (Lipinski definition) is 3. The van der Waals surface area contributed by atoms with E-state index >= 15 is 0 Å². The minimum absolute atomic E-state index is 0.320. The predicted octanol–water partition coefficient (Wildman–Crippen LogP) is 4.17. The van der Waals surface area contributed by atoms with E-state index < -0.39 is 0 Å². The lowest BCUT2D eigenvalue weighted by atomic mass is 9.98. The first-order valence-corrected chi connectivity index (χ1v) is 8.95. The molecule has 0 aromatic heterocycles. The van der Waals surface area contributed by atoms with Crippen LogP contribution in [0.2, 0.25) is 0 Å². The van der Waals surface area contributed by atoms with Crippen molar-refractivity contribution >= 4 is 0 Å². The van der Waals surface area contributed by atoms with E-state index in [9.17, 15) is 0 Å². The van der Waals surface area contributed by atoms with Gasteiger partial charge in [-0.15, -0.1) is 0 Å². The highest BCUT2D eigenvalue weighted by Crippen LogP contribution is 2.26. The molecule has 1 aliphatic carbocycles. The topological polar surface area (TPSA) is 30.5 Å². The highest BCUT2D eigenvalue weighted by Gasteiger charge is 2.21. The maximum atomic E-state index is 6.20. The molecule has 3 nitrogen and oxygen atoms in total. The Kier molecular flexibility index (Phi) is 5.60. The molecule has 2 aliphatic rings. The summed E-state index contributed by atoms with van der Waals surface area (Å²) in [7, 11) is 0. The molecule has 2 unspecified atom stereocenters. The van der Waals surface area contributed by atoms with E-state index in [0.29, 0.717) is 18.1 Å². The largest absolute Gasteiger partial charge is 0.490 e. The van der Waals surface area contributed by atoms with Crippen molar-refractivity contribution in [3.05, 3.63) is 24.3 Å². The quantitative estimate of drug-likeness (QED) is 0.905. The van der Waals surface area contributed by atoms with Gasteiger partial charge in [-0.3, -0.25) is 0 Å². The van der Waals surface area contributed by atoms with Crippen molar-refractivity contribution in [2.24, 2.45) is 5.92 Å². The molecule has 0 amide bonds. The van der Waals surface area contributed by atoms with E-state index in [1.54, 1.807) is 0 Å². The fraction of sp³-hybridized carbons (Fsp3) is 0.684. The lowest BCUT2D eigenvalue weighted by molar-refractivity contribution is 0.139. The van der Waals surface area contributed by atoms with Gasteiger partial charge < -0.3 is 14.8 Å². The molecule has 122 valence electrons. The fourth-order valence-electron chi connectivity index (χ4n) is 3.50. The highest BCUT2D eigenvalue weighted by molar-refractivity contribution is 5.31. The molecule has 3 heteroatoms. The van der Waals surface area contributed by atoms with Gasteiger partial charge in [-0.2, -0.15) is 0 Å². The maximum absolute atomic E-state index is 6.20. The average molecular weight is 303 g/mol. The summed E-state index contributed by atoms with van der Waals surface area (Å²) in [6, 6.07) is 8.24. The number of ether oxygens (including phenoxy) is 2. The lowest BCUT2D eigenvalue weighted by Crippen LogP contribution is -2.29. The van der Waals surface area contributed by atoms with E-state index in [1.165, 1.54) is 38.5 Å². The number of hydrogen-bond donors (Lipinski definition) is 1. The Labute approximate surface area is 134 Å². The molecule has 1 aliphatic heterocycles. The predicted molar refractivity (Wildman–Crippen MR) is 89.6 cm³/mol. The summed E-state index contributed by atoms with van der Waals surface area (Å²) in [5, 5.41) is 3.47. The molecule has 1 N–H and O–H groups in total. The van der Waals surface area contributed by atoms with Crippen LogP contribution in [0.4, 0.5) is 0 Å². The van der Waals surface area contributed by atoms with Crippen molar-refractivity contribution in [3.8, 4) is 11.5 Å². The second-order valence-electron chi connectivity index (χ2n) is 6.83. The minimum atomic E-state index is 0.320. The Hall–Kier alpha value is -1.22. The summed E-state index contributed by atoms with van der Waals surface area (Å²) in [5.74, 6) is 2.50. The maximum Gasteiger partial charge on any atom is 0.120 e. The van der Waals surface area contributed by atoms with Crippen LogP contribution < -0.4 is 14.8 Å².